The smallest absolute Gasteiger partial charge is 0.273 e. The predicted molar refractivity (Wildman–Crippen MR) is 115 cm³/mol. The highest BCUT2D eigenvalue weighted by Gasteiger charge is 2.24. The average molecular weight is 419 g/mol. The second kappa shape index (κ2) is 8.31. The molecule has 9 heteroatoms. The minimum Gasteiger partial charge on any atom is -0.496 e. The highest BCUT2D eigenvalue weighted by atomic mass is 16.5. The molecule has 2 aromatic carbocycles. The van der Waals surface area contributed by atoms with Crippen molar-refractivity contribution >= 4 is 16.7 Å². The van der Waals surface area contributed by atoms with Crippen LogP contribution in [0.25, 0.3) is 10.8 Å². The number of aromatic nitrogens is 4. The van der Waals surface area contributed by atoms with E-state index in [0.717, 1.165) is 4.68 Å². The number of ether oxygens (including phenoxy) is 1. The van der Waals surface area contributed by atoms with Crippen LogP contribution >= 0.6 is 0 Å². The lowest BCUT2D eigenvalue weighted by Crippen LogP contribution is -2.39. The van der Waals surface area contributed by atoms with Gasteiger partial charge in [-0.3, -0.25) is 19.5 Å². The normalized spacial score (nSPS) is 11.9. The molecule has 0 fully saturated rings. The molecule has 0 spiro atoms. The van der Waals surface area contributed by atoms with Gasteiger partial charge < -0.3 is 14.6 Å². The van der Waals surface area contributed by atoms with Gasteiger partial charge >= 0.3 is 0 Å². The van der Waals surface area contributed by atoms with Gasteiger partial charge in [-0.15, -0.1) is 0 Å². The number of carbonyl (C=O) groups excluding carboxylic acids is 1. The fourth-order valence-electron chi connectivity index (χ4n) is 3.55. The standard InChI is InChI=1S/C22H21N5O4/c1-26-12-11-23-20(26)19(16-9-5-6-10-17(16)31-2)24-18(28)13-27-22(30)15-8-4-3-7-14(15)21(29)25-27/h3-12,19H,13H2,1-2H3,(H,24,28)(H,25,29)/t19-/m1/s1. The van der Waals surface area contributed by atoms with E-state index in [-0.39, 0.29) is 17.3 Å². The lowest BCUT2D eigenvalue weighted by Gasteiger charge is -2.21. The monoisotopic (exact) mass is 419 g/mol. The number of carbonyl (C=O) groups is 1. The molecule has 0 aliphatic carbocycles. The molecule has 1 atom stereocenters. The van der Waals surface area contributed by atoms with Crippen molar-refractivity contribution < 1.29 is 9.53 Å². The van der Waals surface area contributed by atoms with Gasteiger partial charge in [0.25, 0.3) is 11.1 Å². The molecule has 0 aliphatic rings. The first-order valence-corrected chi connectivity index (χ1v) is 9.61. The molecule has 0 aliphatic heterocycles. The van der Waals surface area contributed by atoms with Crippen LogP contribution in [0.1, 0.15) is 17.4 Å². The van der Waals surface area contributed by atoms with Crippen molar-refractivity contribution in [1.29, 1.82) is 0 Å². The minimum absolute atomic E-state index is 0.254. The number of aromatic amines is 1. The van der Waals surface area contributed by atoms with E-state index in [1.54, 1.807) is 54.4 Å². The zero-order chi connectivity index (χ0) is 22.0. The summed E-state index contributed by atoms with van der Waals surface area (Å²) in [5.41, 5.74) is -0.170. The summed E-state index contributed by atoms with van der Waals surface area (Å²) < 4.78 is 8.26. The Kier molecular flexibility index (Phi) is 5.40. The molecule has 0 saturated carbocycles. The topological polar surface area (TPSA) is 111 Å². The van der Waals surface area contributed by atoms with Gasteiger partial charge in [-0.2, -0.15) is 0 Å². The minimum atomic E-state index is -0.619. The van der Waals surface area contributed by atoms with Crippen molar-refractivity contribution in [1.82, 2.24) is 24.6 Å². The summed E-state index contributed by atoms with van der Waals surface area (Å²) >= 11 is 0. The molecule has 2 aromatic heterocycles. The zero-order valence-electron chi connectivity index (χ0n) is 17.0. The number of benzene rings is 2. The molecule has 0 saturated heterocycles. The van der Waals surface area contributed by atoms with Crippen LogP contribution in [-0.2, 0) is 18.4 Å². The van der Waals surface area contributed by atoms with Gasteiger partial charge in [0.15, 0.2) is 0 Å². The van der Waals surface area contributed by atoms with Crippen LogP contribution in [-0.4, -0.2) is 32.3 Å². The van der Waals surface area contributed by atoms with E-state index in [4.69, 9.17) is 4.74 Å². The number of amides is 1. The number of fused-ring (bicyclic) bond motifs is 1. The molecule has 4 rings (SSSR count). The molecule has 31 heavy (non-hydrogen) atoms. The lowest BCUT2D eigenvalue weighted by atomic mass is 10.0. The van der Waals surface area contributed by atoms with Crippen LogP contribution in [0.2, 0.25) is 0 Å². The van der Waals surface area contributed by atoms with Crippen LogP contribution in [0.15, 0.2) is 70.5 Å². The number of imidazole rings is 1. The van der Waals surface area contributed by atoms with Crippen LogP contribution in [0.4, 0.5) is 0 Å². The maximum Gasteiger partial charge on any atom is 0.273 e. The first kappa shape index (κ1) is 20.1. The summed E-state index contributed by atoms with van der Waals surface area (Å²) in [5, 5.41) is 5.92. The SMILES string of the molecule is COc1ccccc1[C@@H](NC(=O)Cn1[nH]c(=O)c2ccccc2c1=O)c1nccn1C. The number of methoxy groups -OCH3 is 1. The summed E-state index contributed by atoms with van der Waals surface area (Å²) in [4.78, 5) is 42.3. The molecule has 158 valence electrons. The Balaban J connectivity index is 1.69. The third-order valence-electron chi connectivity index (χ3n) is 5.06. The summed E-state index contributed by atoms with van der Waals surface area (Å²) in [7, 11) is 3.37. The molecule has 1 amide bonds. The number of hydrogen-bond acceptors (Lipinski definition) is 5. The highest BCUT2D eigenvalue weighted by Crippen LogP contribution is 2.28. The van der Waals surface area contributed by atoms with E-state index >= 15 is 0 Å². The number of nitrogens with one attached hydrogen (secondary N) is 2. The summed E-state index contributed by atoms with van der Waals surface area (Å²) in [6.07, 6.45) is 3.41. The fraction of sp³-hybridized carbons (Fsp3) is 0.182. The van der Waals surface area contributed by atoms with E-state index in [1.807, 2.05) is 25.2 Å². The van der Waals surface area contributed by atoms with Crippen LogP contribution in [0.3, 0.4) is 0 Å². The average Bonchev–Trinajstić information content (AvgIpc) is 3.21. The molecule has 2 heterocycles. The Bertz CT molecular complexity index is 1370. The largest absolute Gasteiger partial charge is 0.496 e. The van der Waals surface area contributed by atoms with Gasteiger partial charge in [-0.25, -0.2) is 9.67 Å². The predicted octanol–water partition coefficient (Wildman–Crippen LogP) is 1.34. The van der Waals surface area contributed by atoms with E-state index < -0.39 is 23.1 Å². The molecule has 2 N–H and O–H groups in total. The third-order valence-corrected chi connectivity index (χ3v) is 5.06. The quantitative estimate of drug-likeness (QED) is 0.490. The zero-order valence-corrected chi connectivity index (χ0v) is 17.0. The Morgan fingerprint density at radius 3 is 2.55 bits per heavy atom. The van der Waals surface area contributed by atoms with Crippen molar-refractivity contribution in [3.63, 3.8) is 0 Å². The van der Waals surface area contributed by atoms with Gasteiger partial charge in [0.2, 0.25) is 5.91 Å². The molecule has 0 bridgehead atoms. The van der Waals surface area contributed by atoms with Crippen LogP contribution in [0.5, 0.6) is 5.75 Å². The number of aryl methyl sites for hydroxylation is 1. The fourth-order valence-corrected chi connectivity index (χ4v) is 3.55. The van der Waals surface area contributed by atoms with E-state index in [1.165, 1.54) is 0 Å². The van der Waals surface area contributed by atoms with Gasteiger partial charge in [-0.05, 0) is 18.2 Å². The Hall–Kier alpha value is -4.14. The van der Waals surface area contributed by atoms with Gasteiger partial charge in [0, 0.05) is 25.0 Å². The number of para-hydroxylation sites is 1. The van der Waals surface area contributed by atoms with E-state index in [9.17, 15) is 14.4 Å². The molecule has 4 aromatic rings. The van der Waals surface area contributed by atoms with Gasteiger partial charge in [-0.1, -0.05) is 30.3 Å². The Morgan fingerprint density at radius 1 is 1.13 bits per heavy atom. The first-order valence-electron chi connectivity index (χ1n) is 9.61. The molecule has 9 nitrogen and oxygen atoms in total. The van der Waals surface area contributed by atoms with Crippen molar-refractivity contribution in [2.75, 3.05) is 7.11 Å². The second-order valence-electron chi connectivity index (χ2n) is 7.02. The van der Waals surface area contributed by atoms with Crippen molar-refractivity contribution in [3.8, 4) is 5.75 Å². The van der Waals surface area contributed by atoms with Crippen LogP contribution < -0.4 is 21.2 Å². The van der Waals surface area contributed by atoms with Crippen LogP contribution in [0, 0.1) is 0 Å². The first-order chi connectivity index (χ1) is 15.0. The molecular weight excluding hydrogens is 398 g/mol. The number of rotatable bonds is 6. The van der Waals surface area contributed by atoms with E-state index in [2.05, 4.69) is 15.4 Å². The Labute approximate surface area is 176 Å². The number of H-pyrrole nitrogens is 1. The molecule has 0 unspecified atom stereocenters. The van der Waals surface area contributed by atoms with Crippen molar-refractivity contribution in [3.05, 3.63) is 93.0 Å². The maximum absolute atomic E-state index is 12.9. The molecule has 0 radical (unpaired) electrons. The van der Waals surface area contributed by atoms with Crippen molar-refractivity contribution in [2.24, 2.45) is 7.05 Å². The summed E-state index contributed by atoms with van der Waals surface area (Å²) in [6.45, 7) is -0.352. The third kappa shape index (κ3) is 3.85. The maximum atomic E-state index is 12.9. The second-order valence-corrected chi connectivity index (χ2v) is 7.02. The highest BCUT2D eigenvalue weighted by molar-refractivity contribution is 5.81. The lowest BCUT2D eigenvalue weighted by molar-refractivity contribution is -0.122. The van der Waals surface area contributed by atoms with Crippen molar-refractivity contribution in [2.45, 2.75) is 12.6 Å². The van der Waals surface area contributed by atoms with Gasteiger partial charge in [0.1, 0.15) is 24.2 Å². The number of hydrogen-bond donors (Lipinski definition) is 2. The van der Waals surface area contributed by atoms with E-state index in [0.29, 0.717) is 17.1 Å². The van der Waals surface area contributed by atoms with Gasteiger partial charge in [0.05, 0.1) is 17.9 Å². The Morgan fingerprint density at radius 2 is 1.84 bits per heavy atom. The molecular formula is C22H21N5O4. The summed E-state index contributed by atoms with van der Waals surface area (Å²) in [6, 6.07) is 13.2. The summed E-state index contributed by atoms with van der Waals surface area (Å²) in [5.74, 6) is 0.719. The number of nitrogens with zero attached hydrogens (tertiary/aromatic N) is 3.